The lowest BCUT2D eigenvalue weighted by molar-refractivity contribution is -0.130. The molecule has 144 valence electrons. The Morgan fingerprint density at radius 3 is 2.52 bits per heavy atom. The molecule has 1 aliphatic rings. The molecule has 0 aliphatic carbocycles. The van der Waals surface area contributed by atoms with Crippen LogP contribution in [-0.2, 0) is 18.3 Å². The third kappa shape index (κ3) is 4.76. The average Bonchev–Trinajstić information content (AvgIpc) is 3.30. The summed E-state index contributed by atoms with van der Waals surface area (Å²) < 4.78 is 14.8. The molecule has 1 N–H and O–H groups in total. The molecule has 0 radical (unpaired) electrons. The Morgan fingerprint density at radius 1 is 1.19 bits per heavy atom. The summed E-state index contributed by atoms with van der Waals surface area (Å²) >= 11 is 0. The van der Waals surface area contributed by atoms with Crippen LogP contribution in [0.1, 0.15) is 53.8 Å². The second-order valence-electron chi connectivity index (χ2n) is 7.18. The standard InChI is InChI=1S/C21H26FN3O2/c1-15(17-6-8-18(22)9-7-17)23-21(27)19-13-16(14-24(19)2)5-10-20(26)25-11-3-4-12-25/h6-9,13-15H,3-5,10-12H2,1-2H3,(H,23,27)/t15-/m1/s1. The maximum Gasteiger partial charge on any atom is 0.268 e. The number of hydrogen-bond donors (Lipinski definition) is 1. The van der Waals surface area contributed by atoms with Crippen molar-refractivity contribution in [2.45, 2.75) is 38.6 Å². The summed E-state index contributed by atoms with van der Waals surface area (Å²) in [5.41, 5.74) is 2.37. The van der Waals surface area contributed by atoms with Gasteiger partial charge in [-0.3, -0.25) is 9.59 Å². The number of aryl methyl sites for hydroxylation is 2. The zero-order valence-electron chi connectivity index (χ0n) is 15.9. The summed E-state index contributed by atoms with van der Waals surface area (Å²) in [4.78, 5) is 26.7. The number of nitrogens with one attached hydrogen (secondary N) is 1. The van der Waals surface area contributed by atoms with Gasteiger partial charge in [0, 0.05) is 32.8 Å². The van der Waals surface area contributed by atoms with E-state index in [1.54, 1.807) is 16.7 Å². The Bertz CT molecular complexity index is 807. The van der Waals surface area contributed by atoms with E-state index in [1.165, 1.54) is 12.1 Å². The first-order valence-corrected chi connectivity index (χ1v) is 9.43. The first-order chi connectivity index (χ1) is 12.9. The minimum Gasteiger partial charge on any atom is -0.346 e. The fraction of sp³-hybridized carbons (Fsp3) is 0.429. The SMILES string of the molecule is C[C@@H](NC(=O)c1cc(CCC(=O)N2CCCC2)cn1C)c1ccc(F)cc1. The molecule has 27 heavy (non-hydrogen) atoms. The minimum absolute atomic E-state index is 0.187. The fourth-order valence-electron chi connectivity index (χ4n) is 3.48. The molecule has 1 saturated heterocycles. The van der Waals surface area contributed by atoms with E-state index in [-0.39, 0.29) is 23.7 Å². The van der Waals surface area contributed by atoms with Crippen molar-refractivity contribution in [3.63, 3.8) is 0 Å². The number of benzene rings is 1. The average molecular weight is 371 g/mol. The molecule has 1 fully saturated rings. The van der Waals surface area contributed by atoms with Crippen molar-refractivity contribution in [2.75, 3.05) is 13.1 Å². The fourth-order valence-corrected chi connectivity index (χ4v) is 3.48. The van der Waals surface area contributed by atoms with Gasteiger partial charge < -0.3 is 14.8 Å². The first-order valence-electron chi connectivity index (χ1n) is 9.43. The van der Waals surface area contributed by atoms with E-state index in [4.69, 9.17) is 0 Å². The number of hydrogen-bond acceptors (Lipinski definition) is 2. The highest BCUT2D eigenvalue weighted by atomic mass is 19.1. The predicted octanol–water partition coefficient (Wildman–Crippen LogP) is 3.21. The minimum atomic E-state index is -0.298. The molecule has 3 rings (SSSR count). The maximum atomic E-state index is 13.0. The molecule has 0 spiro atoms. The third-order valence-electron chi connectivity index (χ3n) is 5.10. The van der Waals surface area contributed by atoms with Crippen molar-refractivity contribution in [1.82, 2.24) is 14.8 Å². The van der Waals surface area contributed by atoms with E-state index in [0.717, 1.165) is 37.1 Å². The lowest BCUT2D eigenvalue weighted by Crippen LogP contribution is -2.28. The molecule has 5 nitrogen and oxygen atoms in total. The monoisotopic (exact) mass is 371 g/mol. The lowest BCUT2D eigenvalue weighted by atomic mass is 10.1. The van der Waals surface area contributed by atoms with Crippen LogP contribution in [0.5, 0.6) is 0 Å². The van der Waals surface area contributed by atoms with Gasteiger partial charge in [-0.15, -0.1) is 0 Å². The van der Waals surface area contributed by atoms with Crippen molar-refractivity contribution in [1.29, 1.82) is 0 Å². The number of aromatic nitrogens is 1. The summed E-state index contributed by atoms with van der Waals surface area (Å²) in [6.45, 7) is 3.59. The molecule has 0 bridgehead atoms. The van der Waals surface area contributed by atoms with Gasteiger partial charge in [0.1, 0.15) is 11.5 Å². The van der Waals surface area contributed by atoms with Gasteiger partial charge in [0.2, 0.25) is 5.91 Å². The van der Waals surface area contributed by atoms with E-state index in [0.29, 0.717) is 18.5 Å². The molecule has 2 heterocycles. The molecule has 6 heteroatoms. The van der Waals surface area contributed by atoms with E-state index < -0.39 is 0 Å². The highest BCUT2D eigenvalue weighted by Gasteiger charge is 2.19. The molecule has 1 aromatic heterocycles. The molecule has 0 unspecified atom stereocenters. The zero-order valence-corrected chi connectivity index (χ0v) is 15.9. The molecule has 1 aliphatic heterocycles. The van der Waals surface area contributed by atoms with Crippen LogP contribution in [0.2, 0.25) is 0 Å². The van der Waals surface area contributed by atoms with Gasteiger partial charge >= 0.3 is 0 Å². The van der Waals surface area contributed by atoms with Crippen molar-refractivity contribution >= 4 is 11.8 Å². The van der Waals surface area contributed by atoms with Crippen LogP contribution in [0.15, 0.2) is 36.5 Å². The van der Waals surface area contributed by atoms with Crippen molar-refractivity contribution < 1.29 is 14.0 Å². The normalized spacial score (nSPS) is 15.0. The van der Waals surface area contributed by atoms with Gasteiger partial charge in [-0.25, -0.2) is 4.39 Å². The van der Waals surface area contributed by atoms with Gasteiger partial charge in [-0.1, -0.05) is 12.1 Å². The number of rotatable bonds is 6. The van der Waals surface area contributed by atoms with E-state index in [9.17, 15) is 14.0 Å². The van der Waals surface area contributed by atoms with Crippen LogP contribution in [0.3, 0.4) is 0 Å². The molecule has 0 saturated carbocycles. The van der Waals surface area contributed by atoms with Crippen LogP contribution in [0.4, 0.5) is 4.39 Å². The molecule has 2 aromatic rings. The number of likely N-dealkylation sites (tertiary alicyclic amines) is 1. The van der Waals surface area contributed by atoms with E-state index >= 15 is 0 Å². The number of amides is 2. The Hall–Kier alpha value is -2.63. The third-order valence-corrected chi connectivity index (χ3v) is 5.10. The van der Waals surface area contributed by atoms with Crippen LogP contribution in [-0.4, -0.2) is 34.4 Å². The van der Waals surface area contributed by atoms with Gasteiger partial charge in [-0.05, 0) is 55.5 Å². The highest BCUT2D eigenvalue weighted by Crippen LogP contribution is 2.16. The van der Waals surface area contributed by atoms with Crippen LogP contribution in [0.25, 0.3) is 0 Å². The van der Waals surface area contributed by atoms with Crippen LogP contribution < -0.4 is 5.32 Å². The maximum absolute atomic E-state index is 13.0. The summed E-state index contributed by atoms with van der Waals surface area (Å²) in [6.07, 6.45) is 5.18. The number of carbonyl (C=O) groups excluding carboxylic acids is 2. The van der Waals surface area contributed by atoms with Gasteiger partial charge in [0.05, 0.1) is 6.04 Å². The summed E-state index contributed by atoms with van der Waals surface area (Å²) in [6, 6.07) is 7.71. The topological polar surface area (TPSA) is 54.3 Å². The van der Waals surface area contributed by atoms with Crippen molar-refractivity contribution in [2.24, 2.45) is 7.05 Å². The second-order valence-corrected chi connectivity index (χ2v) is 7.18. The molecular formula is C21H26FN3O2. The molecular weight excluding hydrogens is 345 g/mol. The Labute approximate surface area is 159 Å². The summed E-state index contributed by atoms with van der Waals surface area (Å²) in [5, 5.41) is 2.94. The van der Waals surface area contributed by atoms with Gasteiger partial charge in [0.15, 0.2) is 0 Å². The van der Waals surface area contributed by atoms with E-state index in [1.807, 2.05) is 31.1 Å². The van der Waals surface area contributed by atoms with Crippen LogP contribution in [0, 0.1) is 5.82 Å². The Morgan fingerprint density at radius 2 is 1.85 bits per heavy atom. The number of carbonyl (C=O) groups is 2. The van der Waals surface area contributed by atoms with E-state index in [2.05, 4.69) is 5.32 Å². The summed E-state index contributed by atoms with van der Waals surface area (Å²) in [7, 11) is 1.82. The van der Waals surface area contributed by atoms with Gasteiger partial charge in [-0.2, -0.15) is 0 Å². The predicted molar refractivity (Wildman–Crippen MR) is 102 cm³/mol. The molecule has 2 amide bonds. The summed E-state index contributed by atoms with van der Waals surface area (Å²) in [5.74, 6) is -0.299. The van der Waals surface area contributed by atoms with Crippen LogP contribution >= 0.6 is 0 Å². The number of halogens is 1. The van der Waals surface area contributed by atoms with Crippen molar-refractivity contribution in [3.05, 3.63) is 59.2 Å². The number of nitrogens with zero attached hydrogens (tertiary/aromatic N) is 2. The molecule has 1 atom stereocenters. The Kier molecular flexibility index (Phi) is 5.94. The Balaban J connectivity index is 1.58. The van der Waals surface area contributed by atoms with Gasteiger partial charge in [0.25, 0.3) is 5.91 Å². The zero-order chi connectivity index (χ0) is 19.4. The van der Waals surface area contributed by atoms with Crippen molar-refractivity contribution in [3.8, 4) is 0 Å². The highest BCUT2D eigenvalue weighted by molar-refractivity contribution is 5.93. The quantitative estimate of drug-likeness (QED) is 0.848. The molecule has 1 aromatic carbocycles. The lowest BCUT2D eigenvalue weighted by Gasteiger charge is -2.14. The largest absolute Gasteiger partial charge is 0.346 e. The first kappa shape index (κ1) is 19.1. The smallest absolute Gasteiger partial charge is 0.268 e. The second kappa shape index (κ2) is 8.37.